The molecule has 1 aromatic heterocycles. The molecule has 0 aliphatic rings. The average Bonchev–Trinajstić information content (AvgIpc) is 3.26. The number of hydrogen-bond acceptors (Lipinski definition) is 3. The second kappa shape index (κ2) is 10.5. The molecule has 178 valence electrons. The molecule has 0 radical (unpaired) electrons. The molecule has 1 unspecified atom stereocenters. The molecular formula is C30H32N2O2Si. The summed E-state index contributed by atoms with van der Waals surface area (Å²) in [7, 11) is -2.65. The lowest BCUT2D eigenvalue weighted by atomic mass is 10.1. The summed E-state index contributed by atoms with van der Waals surface area (Å²) in [6, 6.07) is 30.8. The van der Waals surface area contributed by atoms with Gasteiger partial charge in [-0.2, -0.15) is 5.10 Å². The molecule has 1 heterocycles. The molecule has 1 N–H and O–H groups in total. The van der Waals surface area contributed by atoms with Crippen molar-refractivity contribution in [3.63, 3.8) is 0 Å². The first kappa shape index (κ1) is 24.7. The number of aryl methyl sites for hydroxylation is 1. The van der Waals surface area contributed by atoms with Crippen LogP contribution in [-0.4, -0.2) is 29.8 Å². The molecule has 0 fully saturated rings. The zero-order chi connectivity index (χ0) is 24.9. The van der Waals surface area contributed by atoms with Crippen LogP contribution < -0.4 is 10.4 Å². The lowest BCUT2D eigenvalue weighted by Crippen LogP contribution is -2.66. The maximum Gasteiger partial charge on any atom is 0.262 e. The van der Waals surface area contributed by atoms with Crippen LogP contribution in [0.15, 0.2) is 97.2 Å². The van der Waals surface area contributed by atoms with Gasteiger partial charge in [0.15, 0.2) is 0 Å². The third-order valence-electron chi connectivity index (χ3n) is 6.27. The number of hydrogen-bond donors (Lipinski definition) is 1. The molecule has 35 heavy (non-hydrogen) atoms. The van der Waals surface area contributed by atoms with Crippen LogP contribution in [-0.2, 0) is 4.43 Å². The van der Waals surface area contributed by atoms with E-state index >= 15 is 0 Å². The SMILES string of the molecule is Cc1nn(-c2ccccc2)cc1C(O)C#CCO[Si](c1ccccc1)(c1ccccc1)C(C)(C)C. The molecule has 0 saturated heterocycles. The van der Waals surface area contributed by atoms with E-state index in [0.29, 0.717) is 5.56 Å². The van der Waals surface area contributed by atoms with Crippen LogP contribution in [0.4, 0.5) is 0 Å². The topological polar surface area (TPSA) is 47.3 Å². The second-order valence-corrected chi connectivity index (χ2v) is 13.9. The normalized spacial score (nSPS) is 12.6. The molecule has 0 saturated carbocycles. The Bertz CT molecular complexity index is 1260. The van der Waals surface area contributed by atoms with Crippen molar-refractivity contribution in [2.24, 2.45) is 0 Å². The highest BCUT2D eigenvalue weighted by molar-refractivity contribution is 6.99. The van der Waals surface area contributed by atoms with Crippen molar-refractivity contribution in [3.05, 3.63) is 108 Å². The Kier molecular flexibility index (Phi) is 7.37. The quantitative estimate of drug-likeness (QED) is 0.319. The van der Waals surface area contributed by atoms with Crippen molar-refractivity contribution in [2.45, 2.75) is 38.8 Å². The molecule has 5 heteroatoms. The fourth-order valence-electron chi connectivity index (χ4n) is 4.58. The summed E-state index contributed by atoms with van der Waals surface area (Å²) >= 11 is 0. The van der Waals surface area contributed by atoms with Crippen LogP contribution in [0.3, 0.4) is 0 Å². The van der Waals surface area contributed by atoms with Crippen molar-refractivity contribution in [2.75, 3.05) is 6.61 Å². The molecule has 0 spiro atoms. The molecule has 4 aromatic rings. The molecule has 0 amide bonds. The predicted octanol–water partition coefficient (Wildman–Crippen LogP) is 4.79. The third-order valence-corrected chi connectivity index (χ3v) is 11.3. The lowest BCUT2D eigenvalue weighted by Gasteiger charge is -2.42. The summed E-state index contributed by atoms with van der Waals surface area (Å²) in [6.45, 7) is 8.84. The number of benzene rings is 3. The van der Waals surface area contributed by atoms with Gasteiger partial charge in [0.1, 0.15) is 6.10 Å². The summed E-state index contributed by atoms with van der Waals surface area (Å²) in [6.07, 6.45) is 0.905. The smallest absolute Gasteiger partial charge is 0.262 e. The van der Waals surface area contributed by atoms with Crippen molar-refractivity contribution < 1.29 is 9.53 Å². The summed E-state index contributed by atoms with van der Waals surface area (Å²) in [4.78, 5) is 0. The van der Waals surface area contributed by atoms with Gasteiger partial charge >= 0.3 is 0 Å². The van der Waals surface area contributed by atoms with E-state index in [1.54, 1.807) is 4.68 Å². The van der Waals surface area contributed by atoms with E-state index in [1.165, 1.54) is 10.4 Å². The number of rotatable bonds is 6. The van der Waals surface area contributed by atoms with Gasteiger partial charge in [0.05, 0.1) is 18.0 Å². The molecule has 1 atom stereocenters. The number of aliphatic hydroxyl groups is 1. The van der Waals surface area contributed by atoms with Gasteiger partial charge in [-0.05, 0) is 34.5 Å². The number of aromatic nitrogens is 2. The summed E-state index contributed by atoms with van der Waals surface area (Å²) in [5.74, 6) is 6.08. The van der Waals surface area contributed by atoms with Crippen LogP contribution in [0.25, 0.3) is 5.69 Å². The summed E-state index contributed by atoms with van der Waals surface area (Å²) in [5, 5.41) is 17.7. The molecule has 4 nitrogen and oxygen atoms in total. The molecule has 0 aliphatic heterocycles. The van der Waals surface area contributed by atoms with E-state index in [-0.39, 0.29) is 11.6 Å². The second-order valence-electron chi connectivity index (χ2n) is 9.63. The van der Waals surface area contributed by atoms with E-state index in [1.807, 2.05) is 55.6 Å². The minimum absolute atomic E-state index is 0.122. The average molecular weight is 481 g/mol. The van der Waals surface area contributed by atoms with E-state index in [2.05, 4.69) is 86.2 Å². The zero-order valence-electron chi connectivity index (χ0n) is 20.8. The predicted molar refractivity (Wildman–Crippen MR) is 145 cm³/mol. The van der Waals surface area contributed by atoms with E-state index in [0.717, 1.165) is 11.4 Å². The molecular weight excluding hydrogens is 448 g/mol. The van der Waals surface area contributed by atoms with Crippen molar-refractivity contribution >= 4 is 18.7 Å². The lowest BCUT2D eigenvalue weighted by molar-refractivity contribution is 0.237. The monoisotopic (exact) mass is 480 g/mol. The Balaban J connectivity index is 1.60. The van der Waals surface area contributed by atoms with Gasteiger partial charge in [-0.3, -0.25) is 0 Å². The standard InChI is InChI=1S/C30H32N2O2Si/c1-24-28(23-32(31-24)25-15-8-5-9-16-25)29(33)21-14-22-34-35(30(2,3)4,26-17-10-6-11-18-26)27-19-12-7-13-20-27/h5-13,15-20,23,29,33H,22H2,1-4H3. The Morgan fingerprint density at radius 2 is 1.40 bits per heavy atom. The first-order chi connectivity index (χ1) is 16.8. The van der Waals surface area contributed by atoms with Gasteiger partial charge in [-0.1, -0.05) is 111 Å². The van der Waals surface area contributed by atoms with E-state index < -0.39 is 14.4 Å². The van der Waals surface area contributed by atoms with Crippen molar-refractivity contribution in [3.8, 4) is 17.5 Å². The Labute approximate surface area is 209 Å². The van der Waals surface area contributed by atoms with Crippen LogP contribution in [0, 0.1) is 18.8 Å². The Morgan fingerprint density at radius 1 is 0.886 bits per heavy atom. The highest BCUT2D eigenvalue weighted by atomic mass is 28.4. The van der Waals surface area contributed by atoms with E-state index in [9.17, 15) is 5.11 Å². The highest BCUT2D eigenvalue weighted by Gasteiger charge is 2.49. The van der Waals surface area contributed by atoms with Gasteiger partial charge < -0.3 is 9.53 Å². The molecule has 4 rings (SSSR count). The maximum absolute atomic E-state index is 10.8. The van der Waals surface area contributed by atoms with Crippen molar-refractivity contribution in [1.29, 1.82) is 0 Å². The van der Waals surface area contributed by atoms with Crippen LogP contribution >= 0.6 is 0 Å². The minimum atomic E-state index is -2.65. The van der Waals surface area contributed by atoms with Crippen LogP contribution in [0.1, 0.15) is 38.1 Å². The number of aliphatic hydroxyl groups excluding tert-OH is 1. The zero-order valence-corrected chi connectivity index (χ0v) is 21.8. The Hall–Kier alpha value is -3.43. The molecule has 3 aromatic carbocycles. The largest absolute Gasteiger partial charge is 0.396 e. The number of para-hydroxylation sites is 1. The van der Waals surface area contributed by atoms with Crippen LogP contribution in [0.5, 0.6) is 0 Å². The first-order valence-corrected chi connectivity index (χ1v) is 13.8. The fourth-order valence-corrected chi connectivity index (χ4v) is 9.02. The maximum atomic E-state index is 10.8. The Morgan fingerprint density at radius 3 is 1.91 bits per heavy atom. The summed E-state index contributed by atoms with van der Waals surface area (Å²) in [5.41, 5.74) is 2.40. The highest BCUT2D eigenvalue weighted by Crippen LogP contribution is 2.36. The van der Waals surface area contributed by atoms with Gasteiger partial charge in [0, 0.05) is 11.8 Å². The fraction of sp³-hybridized carbons (Fsp3) is 0.233. The first-order valence-electron chi connectivity index (χ1n) is 11.9. The number of nitrogens with zero attached hydrogens (tertiary/aromatic N) is 2. The molecule has 0 bridgehead atoms. The van der Waals surface area contributed by atoms with Crippen LogP contribution in [0.2, 0.25) is 5.04 Å². The van der Waals surface area contributed by atoms with Gasteiger partial charge in [-0.25, -0.2) is 4.68 Å². The van der Waals surface area contributed by atoms with Gasteiger partial charge in [0.25, 0.3) is 8.32 Å². The van der Waals surface area contributed by atoms with Gasteiger partial charge in [-0.15, -0.1) is 0 Å². The van der Waals surface area contributed by atoms with Crippen molar-refractivity contribution in [1.82, 2.24) is 9.78 Å². The molecule has 0 aliphatic carbocycles. The van der Waals surface area contributed by atoms with E-state index in [4.69, 9.17) is 4.43 Å². The summed E-state index contributed by atoms with van der Waals surface area (Å²) < 4.78 is 8.56. The third kappa shape index (κ3) is 5.15. The minimum Gasteiger partial charge on any atom is -0.396 e. The van der Waals surface area contributed by atoms with Gasteiger partial charge in [0.2, 0.25) is 0 Å².